The molecule has 0 saturated heterocycles. The highest BCUT2D eigenvalue weighted by Gasteiger charge is 2.12. The average molecular weight is 238 g/mol. The van der Waals surface area contributed by atoms with Crippen molar-refractivity contribution < 1.29 is 0 Å². The summed E-state index contributed by atoms with van der Waals surface area (Å²) < 4.78 is 1.89. The van der Waals surface area contributed by atoms with Gasteiger partial charge in [-0.05, 0) is 37.1 Å². The number of aromatic nitrogens is 3. The number of hydrogen-bond acceptors (Lipinski definition) is 3. The van der Waals surface area contributed by atoms with Crippen LogP contribution in [0.3, 0.4) is 0 Å². The van der Waals surface area contributed by atoms with Crippen molar-refractivity contribution >= 4 is 17.1 Å². The summed E-state index contributed by atoms with van der Waals surface area (Å²) >= 11 is 0. The molecule has 0 radical (unpaired) electrons. The van der Waals surface area contributed by atoms with Crippen LogP contribution in [0, 0.1) is 13.8 Å². The Balaban J connectivity index is 2.36. The normalized spacial score (nSPS) is 11.0. The van der Waals surface area contributed by atoms with E-state index in [0.717, 1.165) is 28.0 Å². The molecule has 0 unspecified atom stereocenters. The van der Waals surface area contributed by atoms with Gasteiger partial charge in [-0.15, -0.1) is 0 Å². The van der Waals surface area contributed by atoms with Gasteiger partial charge in [0.1, 0.15) is 5.52 Å². The summed E-state index contributed by atoms with van der Waals surface area (Å²) in [5.74, 6) is 0.470. The van der Waals surface area contributed by atoms with Crippen LogP contribution in [0.4, 0.5) is 5.95 Å². The molecule has 90 valence electrons. The van der Waals surface area contributed by atoms with Crippen molar-refractivity contribution in [3.05, 3.63) is 47.7 Å². The summed E-state index contributed by atoms with van der Waals surface area (Å²) in [6.45, 7) is 4.05. The Morgan fingerprint density at radius 1 is 1.17 bits per heavy atom. The molecule has 0 fully saturated rings. The molecule has 0 aliphatic heterocycles. The van der Waals surface area contributed by atoms with Gasteiger partial charge in [-0.1, -0.05) is 18.2 Å². The second-order valence-electron chi connectivity index (χ2n) is 4.45. The Hall–Kier alpha value is -2.36. The molecule has 0 spiro atoms. The topological polar surface area (TPSA) is 56.7 Å². The van der Waals surface area contributed by atoms with E-state index in [0.29, 0.717) is 5.95 Å². The zero-order valence-corrected chi connectivity index (χ0v) is 10.4. The molecule has 0 saturated carbocycles. The number of rotatable bonds is 1. The fourth-order valence-electron chi connectivity index (χ4n) is 2.13. The number of para-hydroxylation sites is 1. The Kier molecular flexibility index (Phi) is 2.30. The van der Waals surface area contributed by atoms with Crippen molar-refractivity contribution in [2.24, 2.45) is 0 Å². The number of hydrogen-bond donors (Lipinski definition) is 1. The monoisotopic (exact) mass is 238 g/mol. The smallest absolute Gasteiger partial charge is 0.207 e. The minimum Gasteiger partial charge on any atom is -0.369 e. The third-order valence-corrected chi connectivity index (χ3v) is 3.02. The van der Waals surface area contributed by atoms with Crippen LogP contribution in [0.15, 0.2) is 36.5 Å². The molecule has 18 heavy (non-hydrogen) atoms. The van der Waals surface area contributed by atoms with E-state index in [1.807, 2.05) is 42.0 Å². The maximum absolute atomic E-state index is 6.02. The molecule has 2 heterocycles. The molecule has 0 amide bonds. The van der Waals surface area contributed by atoms with Crippen molar-refractivity contribution in [2.75, 3.05) is 5.73 Å². The lowest BCUT2D eigenvalue weighted by Crippen LogP contribution is -2.03. The zero-order valence-electron chi connectivity index (χ0n) is 10.4. The Labute approximate surface area is 105 Å². The van der Waals surface area contributed by atoms with E-state index in [1.54, 1.807) is 0 Å². The summed E-state index contributed by atoms with van der Waals surface area (Å²) in [7, 11) is 0. The second kappa shape index (κ2) is 3.84. The lowest BCUT2D eigenvalue weighted by molar-refractivity contribution is 1.06. The molecule has 4 nitrogen and oxygen atoms in total. The maximum Gasteiger partial charge on any atom is 0.207 e. The van der Waals surface area contributed by atoms with Gasteiger partial charge < -0.3 is 5.73 Å². The van der Waals surface area contributed by atoms with Gasteiger partial charge in [0.15, 0.2) is 5.65 Å². The van der Waals surface area contributed by atoms with E-state index in [9.17, 15) is 0 Å². The van der Waals surface area contributed by atoms with Crippen LogP contribution in [-0.2, 0) is 0 Å². The number of nitrogens with zero attached hydrogens (tertiary/aromatic N) is 3. The molecule has 0 aliphatic rings. The first-order chi connectivity index (χ1) is 8.66. The predicted octanol–water partition coefficient (Wildman–Crippen LogP) is 2.62. The predicted molar refractivity (Wildman–Crippen MR) is 72.8 cm³/mol. The van der Waals surface area contributed by atoms with Crippen LogP contribution in [0.5, 0.6) is 0 Å². The van der Waals surface area contributed by atoms with Gasteiger partial charge in [-0.25, -0.2) is 9.97 Å². The second-order valence-corrected chi connectivity index (χ2v) is 4.45. The third kappa shape index (κ3) is 1.54. The standard InChI is InChI=1S/C14H14N4/c1-9-7-11-13(16-8-9)18(14(15)17-11)12-6-4-3-5-10(12)2/h3-8H,1-2H3,(H2,15,17). The van der Waals surface area contributed by atoms with Gasteiger partial charge in [0, 0.05) is 6.20 Å². The van der Waals surface area contributed by atoms with Crippen LogP contribution >= 0.6 is 0 Å². The SMILES string of the molecule is Cc1cnc2c(c1)nc(N)n2-c1ccccc1C. The lowest BCUT2D eigenvalue weighted by Gasteiger charge is -2.08. The highest BCUT2D eigenvalue weighted by molar-refractivity contribution is 5.77. The zero-order chi connectivity index (χ0) is 12.7. The number of nitrogen functional groups attached to an aromatic ring is 1. The van der Waals surface area contributed by atoms with E-state index >= 15 is 0 Å². The summed E-state index contributed by atoms with van der Waals surface area (Å²) in [5, 5.41) is 0. The fraction of sp³-hybridized carbons (Fsp3) is 0.143. The molecule has 3 aromatic rings. The van der Waals surface area contributed by atoms with Gasteiger partial charge in [-0.2, -0.15) is 0 Å². The first kappa shape index (κ1) is 10.8. The number of aryl methyl sites for hydroxylation is 2. The molecule has 0 aliphatic carbocycles. The quantitative estimate of drug-likeness (QED) is 0.709. The Morgan fingerprint density at radius 2 is 1.94 bits per heavy atom. The van der Waals surface area contributed by atoms with E-state index in [4.69, 9.17) is 5.73 Å². The molecule has 1 aromatic carbocycles. The molecule has 2 N–H and O–H groups in total. The van der Waals surface area contributed by atoms with E-state index in [1.165, 1.54) is 0 Å². The first-order valence-electron chi connectivity index (χ1n) is 5.83. The number of anilines is 1. The molecule has 0 atom stereocenters. The lowest BCUT2D eigenvalue weighted by atomic mass is 10.2. The molecule has 2 aromatic heterocycles. The van der Waals surface area contributed by atoms with Crippen LogP contribution in [0.25, 0.3) is 16.9 Å². The van der Waals surface area contributed by atoms with E-state index in [-0.39, 0.29) is 0 Å². The van der Waals surface area contributed by atoms with E-state index < -0.39 is 0 Å². The van der Waals surface area contributed by atoms with Gasteiger partial charge in [0.25, 0.3) is 0 Å². The van der Waals surface area contributed by atoms with Gasteiger partial charge in [0.05, 0.1) is 5.69 Å². The average Bonchev–Trinajstić information content (AvgIpc) is 2.65. The summed E-state index contributed by atoms with van der Waals surface area (Å²) in [6.07, 6.45) is 1.83. The highest BCUT2D eigenvalue weighted by atomic mass is 15.2. The highest BCUT2D eigenvalue weighted by Crippen LogP contribution is 2.23. The third-order valence-electron chi connectivity index (χ3n) is 3.02. The number of benzene rings is 1. The fourth-order valence-corrected chi connectivity index (χ4v) is 2.13. The van der Waals surface area contributed by atoms with Crippen molar-refractivity contribution in [1.29, 1.82) is 0 Å². The van der Waals surface area contributed by atoms with Crippen molar-refractivity contribution in [2.45, 2.75) is 13.8 Å². The van der Waals surface area contributed by atoms with Gasteiger partial charge >= 0.3 is 0 Å². The van der Waals surface area contributed by atoms with Crippen LogP contribution in [0.1, 0.15) is 11.1 Å². The summed E-state index contributed by atoms with van der Waals surface area (Å²) in [6, 6.07) is 10.1. The molecule has 3 rings (SSSR count). The molecular formula is C14H14N4. The minimum atomic E-state index is 0.470. The number of nitrogens with two attached hydrogens (primary N) is 1. The van der Waals surface area contributed by atoms with Crippen molar-refractivity contribution in [3.63, 3.8) is 0 Å². The van der Waals surface area contributed by atoms with Gasteiger partial charge in [-0.3, -0.25) is 4.57 Å². The van der Waals surface area contributed by atoms with Crippen molar-refractivity contribution in [3.8, 4) is 5.69 Å². The largest absolute Gasteiger partial charge is 0.369 e. The number of pyridine rings is 1. The summed E-state index contributed by atoms with van der Waals surface area (Å²) in [4.78, 5) is 8.81. The maximum atomic E-state index is 6.02. The Morgan fingerprint density at radius 3 is 2.72 bits per heavy atom. The molecule has 0 bridgehead atoms. The van der Waals surface area contributed by atoms with Crippen LogP contribution < -0.4 is 5.73 Å². The van der Waals surface area contributed by atoms with Crippen LogP contribution in [0.2, 0.25) is 0 Å². The molecular weight excluding hydrogens is 224 g/mol. The minimum absolute atomic E-state index is 0.470. The number of fused-ring (bicyclic) bond motifs is 1. The van der Waals surface area contributed by atoms with Crippen LogP contribution in [-0.4, -0.2) is 14.5 Å². The van der Waals surface area contributed by atoms with Gasteiger partial charge in [0.2, 0.25) is 5.95 Å². The molecule has 4 heteroatoms. The van der Waals surface area contributed by atoms with E-state index in [2.05, 4.69) is 23.0 Å². The Bertz CT molecular complexity index is 728. The number of imidazole rings is 1. The first-order valence-corrected chi connectivity index (χ1v) is 5.83. The van der Waals surface area contributed by atoms with Crippen molar-refractivity contribution in [1.82, 2.24) is 14.5 Å². The summed E-state index contributed by atoms with van der Waals surface area (Å²) in [5.41, 5.74) is 10.9.